The Hall–Kier alpha value is -4.33. The first kappa shape index (κ1) is 33.6. The van der Waals surface area contributed by atoms with E-state index in [1.807, 2.05) is 51.1 Å². The molecule has 2 amide bonds. The molecule has 0 radical (unpaired) electrons. The topological polar surface area (TPSA) is 141 Å². The number of halogens is 1. The third-order valence-corrected chi connectivity index (χ3v) is 9.54. The minimum atomic E-state index is -0.749. The molecule has 12 nitrogen and oxygen atoms in total. The van der Waals surface area contributed by atoms with E-state index in [2.05, 4.69) is 41.3 Å². The van der Waals surface area contributed by atoms with Crippen molar-refractivity contribution < 1.29 is 23.9 Å². The number of fused-ring (bicyclic) bond motifs is 2. The number of carbonyl (C=O) groups is 3. The number of anilines is 1. The maximum atomic E-state index is 14.3. The Morgan fingerprint density at radius 2 is 1.90 bits per heavy atom. The van der Waals surface area contributed by atoms with Crippen molar-refractivity contribution in [2.24, 2.45) is 5.41 Å². The second-order valence-electron chi connectivity index (χ2n) is 12.5. The number of aryl methyl sites for hydroxylation is 2. The number of allylic oxidation sites excluding steroid dienone is 1. The van der Waals surface area contributed by atoms with Crippen molar-refractivity contribution >= 4 is 50.2 Å². The molecular formula is C35H38BrN7O5. The van der Waals surface area contributed by atoms with Gasteiger partial charge in [-0.25, -0.2) is 15.0 Å². The van der Waals surface area contributed by atoms with E-state index in [1.165, 1.54) is 6.92 Å². The van der Waals surface area contributed by atoms with Crippen molar-refractivity contribution in [3.63, 3.8) is 0 Å². The smallest absolute Gasteiger partial charge is 0.248 e. The standard InChI is InChI=1S/C35H38BrN7O5/c1-6-7-10-48-19-35-13-27(34(46)40-33-23(18-47-5)8-9-29(36)39-33)43(28(35)14-35)30(45)17-42-32-20(2)11-24(25-15-37-22(4)38-16-25)12-26(32)31(41-42)21(3)44/h6-9,11-12,15-16,27-28H,10,13-14,17-19H2,1-5H3,(H,39,40,46)/b7-6+/t27-,28+,35-/m0/s1. The van der Waals surface area contributed by atoms with Crippen LogP contribution in [0, 0.1) is 19.3 Å². The molecule has 3 atom stereocenters. The number of amides is 2. The molecule has 2 fully saturated rings. The summed E-state index contributed by atoms with van der Waals surface area (Å²) >= 11 is 3.39. The van der Waals surface area contributed by atoms with E-state index in [1.54, 1.807) is 35.2 Å². The molecule has 1 aliphatic carbocycles. The zero-order valence-electron chi connectivity index (χ0n) is 27.6. The fourth-order valence-electron chi connectivity index (χ4n) is 6.71. The van der Waals surface area contributed by atoms with Crippen LogP contribution in [0.1, 0.15) is 54.1 Å². The van der Waals surface area contributed by atoms with Crippen LogP contribution in [0.15, 0.2) is 53.4 Å². The first-order valence-electron chi connectivity index (χ1n) is 15.8. The molecule has 1 saturated carbocycles. The molecule has 0 bridgehead atoms. The first-order valence-corrected chi connectivity index (χ1v) is 16.6. The molecule has 1 aliphatic heterocycles. The Labute approximate surface area is 287 Å². The molecular weight excluding hydrogens is 678 g/mol. The summed E-state index contributed by atoms with van der Waals surface area (Å²) < 4.78 is 13.4. The van der Waals surface area contributed by atoms with Crippen LogP contribution in [-0.2, 0) is 32.2 Å². The fourth-order valence-corrected chi connectivity index (χ4v) is 7.02. The lowest BCUT2D eigenvalue weighted by molar-refractivity contribution is -0.138. The quantitative estimate of drug-likeness (QED) is 0.0906. The Morgan fingerprint density at radius 1 is 1.12 bits per heavy atom. The van der Waals surface area contributed by atoms with E-state index < -0.39 is 6.04 Å². The number of hydrogen-bond acceptors (Lipinski definition) is 9. The maximum Gasteiger partial charge on any atom is 0.248 e. The summed E-state index contributed by atoms with van der Waals surface area (Å²) in [7, 11) is 1.58. The average molecular weight is 717 g/mol. The van der Waals surface area contributed by atoms with Crippen molar-refractivity contribution in [2.75, 3.05) is 25.6 Å². The summed E-state index contributed by atoms with van der Waals surface area (Å²) in [5.41, 5.74) is 3.85. The van der Waals surface area contributed by atoms with Crippen LogP contribution in [0.4, 0.5) is 5.82 Å². The van der Waals surface area contributed by atoms with Crippen LogP contribution in [0.25, 0.3) is 22.0 Å². The highest BCUT2D eigenvalue weighted by atomic mass is 79.9. The SMILES string of the molecule is C/C=C/COC[C@@]12C[C@@H](C(=O)Nc3nc(Br)ccc3COC)N(C(=O)Cn3nc(C(C)=O)c4cc(-c5cnc(C)nc5)cc(C)c43)[C@@H]1C2. The number of rotatable bonds is 12. The van der Waals surface area contributed by atoms with Crippen LogP contribution >= 0.6 is 15.9 Å². The number of ketones is 1. The van der Waals surface area contributed by atoms with Crippen LogP contribution in [0.3, 0.4) is 0 Å². The number of methoxy groups -OCH3 is 1. The lowest BCUT2D eigenvalue weighted by Crippen LogP contribution is -2.47. The molecule has 1 N–H and O–H groups in total. The van der Waals surface area contributed by atoms with E-state index in [4.69, 9.17) is 9.47 Å². The third kappa shape index (κ3) is 6.54. The predicted molar refractivity (Wildman–Crippen MR) is 183 cm³/mol. The van der Waals surface area contributed by atoms with E-state index >= 15 is 0 Å². The number of piperidine rings is 1. The number of nitrogens with zero attached hydrogens (tertiary/aromatic N) is 6. The normalized spacial score (nSPS) is 20.0. The van der Waals surface area contributed by atoms with E-state index in [0.717, 1.165) is 23.1 Å². The van der Waals surface area contributed by atoms with Crippen molar-refractivity contribution in [1.29, 1.82) is 0 Å². The number of Topliss-reactive ketones (excluding diaryl/α,β-unsaturated/α-hetero) is 1. The molecule has 4 aromatic rings. The van der Waals surface area contributed by atoms with Gasteiger partial charge in [0.1, 0.15) is 34.5 Å². The highest BCUT2D eigenvalue weighted by Crippen LogP contribution is 2.60. The third-order valence-electron chi connectivity index (χ3n) is 9.10. The van der Waals surface area contributed by atoms with Gasteiger partial charge in [-0.2, -0.15) is 5.10 Å². The molecule has 1 aromatic carbocycles. The van der Waals surface area contributed by atoms with Gasteiger partial charge in [0.25, 0.3) is 0 Å². The summed E-state index contributed by atoms with van der Waals surface area (Å²) in [6, 6.07) is 6.57. The number of nitrogens with one attached hydrogen (secondary N) is 1. The monoisotopic (exact) mass is 715 g/mol. The van der Waals surface area contributed by atoms with Gasteiger partial charge in [0.05, 0.1) is 25.3 Å². The molecule has 0 spiro atoms. The predicted octanol–water partition coefficient (Wildman–Crippen LogP) is 5.21. The number of carbonyl (C=O) groups excluding carboxylic acids is 3. The summed E-state index contributed by atoms with van der Waals surface area (Å²) in [4.78, 5) is 55.8. The minimum Gasteiger partial charge on any atom is -0.380 e. The summed E-state index contributed by atoms with van der Waals surface area (Å²) in [6.45, 7) is 8.16. The molecule has 6 rings (SSSR count). The molecule has 1 saturated heterocycles. The molecule has 13 heteroatoms. The molecule has 250 valence electrons. The van der Waals surface area contributed by atoms with Crippen molar-refractivity contribution in [3.05, 3.63) is 76.1 Å². The number of benzene rings is 1. The lowest BCUT2D eigenvalue weighted by Gasteiger charge is -2.27. The highest BCUT2D eigenvalue weighted by Gasteiger charge is 2.67. The van der Waals surface area contributed by atoms with E-state index in [-0.39, 0.29) is 47.9 Å². The summed E-state index contributed by atoms with van der Waals surface area (Å²) in [6.07, 6.45) is 8.54. The molecule has 48 heavy (non-hydrogen) atoms. The van der Waals surface area contributed by atoms with Gasteiger partial charge in [-0.05, 0) is 78.9 Å². The maximum absolute atomic E-state index is 14.3. The van der Waals surface area contributed by atoms with Gasteiger partial charge in [0.2, 0.25) is 11.8 Å². The Kier molecular flexibility index (Phi) is 9.55. The Bertz CT molecular complexity index is 1920. The van der Waals surface area contributed by atoms with Crippen LogP contribution in [0.2, 0.25) is 0 Å². The largest absolute Gasteiger partial charge is 0.380 e. The van der Waals surface area contributed by atoms with Crippen LogP contribution in [-0.4, -0.2) is 79.6 Å². The van der Waals surface area contributed by atoms with Gasteiger partial charge in [-0.3, -0.25) is 19.1 Å². The van der Waals surface area contributed by atoms with E-state index in [9.17, 15) is 14.4 Å². The second-order valence-corrected chi connectivity index (χ2v) is 13.3. The van der Waals surface area contributed by atoms with Crippen molar-refractivity contribution in [3.8, 4) is 11.1 Å². The molecule has 2 aliphatic rings. The average Bonchev–Trinajstić information content (AvgIpc) is 3.45. The van der Waals surface area contributed by atoms with Crippen LogP contribution in [0.5, 0.6) is 0 Å². The van der Waals surface area contributed by atoms with Gasteiger partial charge in [-0.1, -0.05) is 18.2 Å². The Morgan fingerprint density at radius 3 is 2.60 bits per heavy atom. The zero-order chi connectivity index (χ0) is 34.2. The van der Waals surface area contributed by atoms with Gasteiger partial charge < -0.3 is 19.7 Å². The van der Waals surface area contributed by atoms with Crippen LogP contribution < -0.4 is 5.32 Å². The van der Waals surface area contributed by atoms with E-state index in [0.29, 0.717) is 52.3 Å². The molecule has 3 aromatic heterocycles. The number of aromatic nitrogens is 5. The molecule has 0 unspecified atom stereocenters. The first-order chi connectivity index (χ1) is 23.0. The summed E-state index contributed by atoms with van der Waals surface area (Å²) in [5, 5.41) is 8.25. The molecule has 4 heterocycles. The number of ether oxygens (including phenoxy) is 2. The van der Waals surface area contributed by atoms with Gasteiger partial charge in [0.15, 0.2) is 5.78 Å². The lowest BCUT2D eigenvalue weighted by atomic mass is 10.00. The van der Waals surface area contributed by atoms with Gasteiger partial charge >= 0.3 is 0 Å². The van der Waals surface area contributed by atoms with Gasteiger partial charge in [-0.15, -0.1) is 0 Å². The van der Waals surface area contributed by atoms with Crippen molar-refractivity contribution in [1.82, 2.24) is 29.6 Å². The second kappa shape index (κ2) is 13.7. The zero-order valence-corrected chi connectivity index (χ0v) is 29.2. The number of hydrogen-bond donors (Lipinski definition) is 1. The minimum absolute atomic E-state index is 0.141. The Balaban J connectivity index is 1.32. The summed E-state index contributed by atoms with van der Waals surface area (Å²) in [5.74, 6) is 0.226. The fraction of sp³-hybridized carbons (Fsp3) is 0.400. The highest BCUT2D eigenvalue weighted by molar-refractivity contribution is 9.10. The van der Waals surface area contributed by atoms with Gasteiger partial charge in [0, 0.05) is 54.4 Å². The number of pyridine rings is 1. The number of likely N-dealkylation sites (tertiary alicyclic amines) is 1. The van der Waals surface area contributed by atoms with Crippen molar-refractivity contribution in [2.45, 2.75) is 65.8 Å².